The molecular weight excluding hydrogens is 257 g/mol. The summed E-state index contributed by atoms with van der Waals surface area (Å²) in [6.07, 6.45) is -4.41. The van der Waals surface area contributed by atoms with Gasteiger partial charge in [0.25, 0.3) is 0 Å². The monoisotopic (exact) mass is 272 g/mol. The lowest BCUT2D eigenvalue weighted by atomic mass is 10.0. The maximum absolute atomic E-state index is 12.7. The number of nitrogens with zero attached hydrogens (tertiary/aromatic N) is 1. The van der Waals surface area contributed by atoms with Gasteiger partial charge in [-0.2, -0.15) is 13.2 Å². The van der Waals surface area contributed by atoms with Crippen molar-refractivity contribution in [3.63, 3.8) is 0 Å². The Kier molecular flexibility index (Phi) is 2.99. The topological polar surface area (TPSA) is 32.3 Å². The normalized spacial score (nSPS) is 16.1. The van der Waals surface area contributed by atoms with Gasteiger partial charge in [-0.05, 0) is 39.0 Å². The van der Waals surface area contributed by atoms with Crippen molar-refractivity contribution in [1.29, 1.82) is 0 Å². The number of halogens is 3. The van der Waals surface area contributed by atoms with Crippen LogP contribution in [0.2, 0.25) is 0 Å². The Balaban J connectivity index is 2.50. The summed E-state index contributed by atoms with van der Waals surface area (Å²) in [7, 11) is 0. The van der Waals surface area contributed by atoms with Gasteiger partial charge in [0, 0.05) is 5.54 Å². The molecule has 0 aromatic heterocycles. The number of nitrogens with one attached hydrogen (secondary N) is 1. The fourth-order valence-corrected chi connectivity index (χ4v) is 2.06. The first-order valence-electron chi connectivity index (χ1n) is 5.88. The van der Waals surface area contributed by atoms with E-state index < -0.39 is 11.7 Å². The van der Waals surface area contributed by atoms with Crippen LogP contribution in [-0.2, 0) is 11.0 Å². The summed E-state index contributed by atoms with van der Waals surface area (Å²) in [4.78, 5) is 13.4. The summed E-state index contributed by atoms with van der Waals surface area (Å²) < 4.78 is 38.0. The van der Waals surface area contributed by atoms with E-state index in [2.05, 4.69) is 5.32 Å². The van der Waals surface area contributed by atoms with Gasteiger partial charge in [-0.1, -0.05) is 0 Å². The number of alkyl halides is 3. The average molecular weight is 272 g/mol. The second-order valence-electron chi connectivity index (χ2n) is 5.53. The Labute approximate surface area is 109 Å². The highest BCUT2D eigenvalue weighted by Gasteiger charge is 2.34. The largest absolute Gasteiger partial charge is 0.416 e. The Morgan fingerprint density at radius 3 is 2.37 bits per heavy atom. The number of hydrogen-bond acceptors (Lipinski definition) is 2. The molecule has 0 saturated carbocycles. The zero-order chi connectivity index (χ0) is 14.4. The minimum atomic E-state index is -4.41. The lowest BCUT2D eigenvalue weighted by Crippen LogP contribution is -2.49. The van der Waals surface area contributed by atoms with Crippen molar-refractivity contribution >= 4 is 17.3 Å². The van der Waals surface area contributed by atoms with E-state index in [1.165, 1.54) is 6.07 Å². The van der Waals surface area contributed by atoms with Crippen LogP contribution in [0.25, 0.3) is 0 Å². The van der Waals surface area contributed by atoms with E-state index in [1.54, 1.807) is 4.90 Å². The van der Waals surface area contributed by atoms with Crippen LogP contribution < -0.4 is 10.2 Å². The molecule has 6 heteroatoms. The molecule has 0 fully saturated rings. The fourth-order valence-electron chi connectivity index (χ4n) is 2.06. The molecule has 104 valence electrons. The van der Waals surface area contributed by atoms with Crippen LogP contribution in [0.1, 0.15) is 26.3 Å². The van der Waals surface area contributed by atoms with Crippen molar-refractivity contribution in [2.45, 2.75) is 32.5 Å². The van der Waals surface area contributed by atoms with Gasteiger partial charge in [-0.3, -0.25) is 4.79 Å². The van der Waals surface area contributed by atoms with Crippen LogP contribution in [0.15, 0.2) is 18.2 Å². The number of carbonyl (C=O) groups excluding carboxylic acids is 1. The predicted octanol–water partition coefficient (Wildman–Crippen LogP) is 3.26. The SMILES string of the molecule is CC(C)(C)N1CC(=O)Nc2cc(C(F)(F)F)ccc21. The third kappa shape index (κ3) is 2.67. The molecule has 19 heavy (non-hydrogen) atoms. The molecule has 1 aliphatic heterocycles. The predicted molar refractivity (Wildman–Crippen MR) is 67.2 cm³/mol. The highest BCUT2D eigenvalue weighted by Crippen LogP contribution is 2.38. The van der Waals surface area contributed by atoms with Crippen molar-refractivity contribution < 1.29 is 18.0 Å². The molecule has 1 amide bonds. The van der Waals surface area contributed by atoms with E-state index in [4.69, 9.17) is 0 Å². The average Bonchev–Trinajstić information content (AvgIpc) is 2.24. The summed E-state index contributed by atoms with van der Waals surface area (Å²) in [5.74, 6) is -0.304. The molecule has 1 aromatic carbocycles. The number of carbonyl (C=O) groups is 1. The maximum Gasteiger partial charge on any atom is 0.416 e. The first-order chi connectivity index (χ1) is 8.59. The first-order valence-corrected chi connectivity index (χ1v) is 5.88. The number of anilines is 2. The third-order valence-corrected chi connectivity index (χ3v) is 3.00. The van der Waals surface area contributed by atoms with Crippen molar-refractivity contribution in [1.82, 2.24) is 0 Å². The van der Waals surface area contributed by atoms with Crippen molar-refractivity contribution in [2.75, 3.05) is 16.8 Å². The summed E-state index contributed by atoms with van der Waals surface area (Å²) in [5, 5.41) is 2.49. The summed E-state index contributed by atoms with van der Waals surface area (Å²) in [6.45, 7) is 5.87. The molecule has 1 N–H and O–H groups in total. The molecular formula is C13H15F3N2O. The lowest BCUT2D eigenvalue weighted by Gasteiger charge is -2.41. The highest BCUT2D eigenvalue weighted by atomic mass is 19.4. The van der Waals surface area contributed by atoms with Crippen molar-refractivity contribution in [3.8, 4) is 0 Å². The molecule has 0 unspecified atom stereocenters. The Bertz CT molecular complexity index is 518. The third-order valence-electron chi connectivity index (χ3n) is 3.00. The Hall–Kier alpha value is -1.72. The van der Waals surface area contributed by atoms with Gasteiger partial charge in [0.2, 0.25) is 5.91 Å². The van der Waals surface area contributed by atoms with E-state index in [9.17, 15) is 18.0 Å². The number of benzene rings is 1. The minimum absolute atomic E-state index is 0.141. The quantitative estimate of drug-likeness (QED) is 0.786. The molecule has 0 spiro atoms. The van der Waals surface area contributed by atoms with Crippen LogP contribution in [-0.4, -0.2) is 18.0 Å². The van der Waals surface area contributed by atoms with Crippen LogP contribution in [0.3, 0.4) is 0 Å². The fraction of sp³-hybridized carbons (Fsp3) is 0.462. The minimum Gasteiger partial charge on any atom is -0.356 e. The molecule has 1 aromatic rings. The number of amides is 1. The molecule has 0 bridgehead atoms. The van der Waals surface area contributed by atoms with Crippen LogP contribution in [0, 0.1) is 0 Å². The number of fused-ring (bicyclic) bond motifs is 1. The van der Waals surface area contributed by atoms with Gasteiger partial charge in [-0.25, -0.2) is 0 Å². The molecule has 2 rings (SSSR count). The van der Waals surface area contributed by atoms with Crippen LogP contribution in [0.5, 0.6) is 0 Å². The summed E-state index contributed by atoms with van der Waals surface area (Å²) in [5.41, 5.74) is -0.282. The lowest BCUT2D eigenvalue weighted by molar-refractivity contribution is -0.137. The standard InChI is InChI=1S/C13H15F3N2O/c1-12(2,3)18-7-11(19)17-9-6-8(13(14,15)16)4-5-10(9)18/h4-6H,7H2,1-3H3,(H,17,19). The Morgan fingerprint density at radius 1 is 1.21 bits per heavy atom. The summed E-state index contributed by atoms with van der Waals surface area (Å²) in [6, 6.07) is 3.42. The van der Waals surface area contributed by atoms with Gasteiger partial charge in [0.15, 0.2) is 0 Å². The number of hydrogen-bond donors (Lipinski definition) is 1. The van der Waals surface area contributed by atoms with E-state index in [-0.39, 0.29) is 23.7 Å². The molecule has 0 radical (unpaired) electrons. The molecule has 0 atom stereocenters. The summed E-state index contributed by atoms with van der Waals surface area (Å²) >= 11 is 0. The van der Waals surface area contributed by atoms with Gasteiger partial charge >= 0.3 is 6.18 Å². The molecule has 1 heterocycles. The first kappa shape index (κ1) is 13.7. The molecule has 0 aliphatic carbocycles. The smallest absolute Gasteiger partial charge is 0.356 e. The zero-order valence-electron chi connectivity index (χ0n) is 10.9. The second-order valence-corrected chi connectivity index (χ2v) is 5.53. The van der Waals surface area contributed by atoms with E-state index >= 15 is 0 Å². The van der Waals surface area contributed by atoms with Gasteiger partial charge in [0.1, 0.15) is 0 Å². The van der Waals surface area contributed by atoms with Crippen molar-refractivity contribution in [3.05, 3.63) is 23.8 Å². The van der Waals surface area contributed by atoms with E-state index in [0.29, 0.717) is 5.69 Å². The Morgan fingerprint density at radius 2 is 1.84 bits per heavy atom. The van der Waals surface area contributed by atoms with Gasteiger partial charge in [-0.15, -0.1) is 0 Å². The second kappa shape index (κ2) is 4.15. The molecule has 1 aliphatic rings. The van der Waals surface area contributed by atoms with Gasteiger partial charge in [0.05, 0.1) is 23.5 Å². The van der Waals surface area contributed by atoms with Crippen molar-refractivity contribution in [2.24, 2.45) is 0 Å². The van der Waals surface area contributed by atoms with Crippen LogP contribution >= 0.6 is 0 Å². The zero-order valence-corrected chi connectivity index (χ0v) is 10.9. The maximum atomic E-state index is 12.7. The molecule has 3 nitrogen and oxygen atoms in total. The highest BCUT2D eigenvalue weighted by molar-refractivity contribution is 6.01. The van der Waals surface area contributed by atoms with Gasteiger partial charge < -0.3 is 10.2 Å². The van der Waals surface area contributed by atoms with E-state index in [0.717, 1.165) is 12.1 Å². The van der Waals surface area contributed by atoms with E-state index in [1.807, 2.05) is 20.8 Å². The van der Waals surface area contributed by atoms with Crippen LogP contribution in [0.4, 0.5) is 24.5 Å². The number of rotatable bonds is 0. The molecule has 0 saturated heterocycles.